The van der Waals surface area contributed by atoms with Gasteiger partial charge in [0.15, 0.2) is 6.61 Å². The van der Waals surface area contributed by atoms with Crippen LogP contribution in [0.25, 0.3) is 0 Å². The Kier molecular flexibility index (Phi) is 4.70. The van der Waals surface area contributed by atoms with Crippen LogP contribution in [0.5, 0.6) is 5.75 Å². The van der Waals surface area contributed by atoms with Crippen molar-refractivity contribution in [2.75, 3.05) is 6.61 Å². The van der Waals surface area contributed by atoms with Crippen molar-refractivity contribution in [2.45, 2.75) is 0 Å². The lowest BCUT2D eigenvalue weighted by atomic mass is 10.1. The first-order chi connectivity index (χ1) is 9.08. The fraction of sp³-hybridized carbons (Fsp3) is 0.0714. The molecule has 2 aromatic rings. The molecular weight excluding hydrogens is 307 g/mol. The van der Waals surface area contributed by atoms with Crippen molar-refractivity contribution in [2.24, 2.45) is 0 Å². The maximum atomic E-state index is 11.9. The summed E-state index contributed by atoms with van der Waals surface area (Å²) in [6, 6.07) is 11.6. The van der Waals surface area contributed by atoms with Crippen molar-refractivity contribution in [3.05, 3.63) is 63.1 Å². The summed E-state index contributed by atoms with van der Waals surface area (Å²) >= 11 is 17.7. The van der Waals surface area contributed by atoms with Crippen LogP contribution in [0.4, 0.5) is 0 Å². The standard InChI is InChI=1S/C14H9Cl3O2/c15-9-5-6-12(17)14(7-9)19-8-13(18)10-3-1-2-4-11(10)16/h1-7H,8H2. The van der Waals surface area contributed by atoms with E-state index in [1.807, 2.05) is 0 Å². The first-order valence-electron chi connectivity index (χ1n) is 5.43. The van der Waals surface area contributed by atoms with Crippen molar-refractivity contribution < 1.29 is 9.53 Å². The highest BCUT2D eigenvalue weighted by Gasteiger charge is 2.11. The monoisotopic (exact) mass is 314 g/mol. The number of carbonyl (C=O) groups is 1. The largest absolute Gasteiger partial charge is 0.484 e. The van der Waals surface area contributed by atoms with E-state index in [0.29, 0.717) is 26.4 Å². The molecule has 19 heavy (non-hydrogen) atoms. The summed E-state index contributed by atoms with van der Waals surface area (Å²) in [5, 5.41) is 1.29. The van der Waals surface area contributed by atoms with Crippen molar-refractivity contribution in [1.82, 2.24) is 0 Å². The highest BCUT2D eigenvalue weighted by Crippen LogP contribution is 2.28. The summed E-state index contributed by atoms with van der Waals surface area (Å²) in [6.45, 7) is -0.149. The van der Waals surface area contributed by atoms with Gasteiger partial charge in [0.2, 0.25) is 5.78 Å². The van der Waals surface area contributed by atoms with Gasteiger partial charge in [-0.15, -0.1) is 0 Å². The summed E-state index contributed by atoms with van der Waals surface area (Å²) in [7, 11) is 0. The van der Waals surface area contributed by atoms with Gasteiger partial charge in [-0.05, 0) is 24.3 Å². The van der Waals surface area contributed by atoms with E-state index in [1.165, 1.54) is 0 Å². The van der Waals surface area contributed by atoms with Crippen LogP contribution in [0, 0.1) is 0 Å². The molecule has 0 amide bonds. The molecule has 0 spiro atoms. The number of hydrogen-bond acceptors (Lipinski definition) is 2. The third kappa shape index (κ3) is 3.63. The van der Waals surface area contributed by atoms with Crippen molar-refractivity contribution in [3.63, 3.8) is 0 Å². The van der Waals surface area contributed by atoms with Crippen LogP contribution < -0.4 is 4.74 Å². The molecule has 0 saturated heterocycles. The molecule has 2 nitrogen and oxygen atoms in total. The molecule has 0 atom stereocenters. The lowest BCUT2D eigenvalue weighted by Crippen LogP contribution is -2.12. The van der Waals surface area contributed by atoms with Gasteiger partial charge in [-0.1, -0.05) is 46.9 Å². The second kappa shape index (κ2) is 6.29. The Bertz CT molecular complexity index is 611. The van der Waals surface area contributed by atoms with Gasteiger partial charge in [-0.3, -0.25) is 4.79 Å². The number of ketones is 1. The summed E-state index contributed by atoms with van der Waals surface area (Å²) in [4.78, 5) is 11.9. The summed E-state index contributed by atoms with van der Waals surface area (Å²) in [6.07, 6.45) is 0. The molecule has 0 aliphatic rings. The minimum Gasteiger partial charge on any atom is -0.484 e. The van der Waals surface area contributed by atoms with E-state index in [2.05, 4.69) is 0 Å². The average Bonchev–Trinajstić information content (AvgIpc) is 2.40. The molecule has 0 unspecified atom stereocenters. The lowest BCUT2D eigenvalue weighted by Gasteiger charge is -2.08. The Balaban J connectivity index is 2.09. The number of hydrogen-bond donors (Lipinski definition) is 0. The minimum atomic E-state index is -0.221. The normalized spacial score (nSPS) is 10.3. The van der Waals surface area contributed by atoms with Crippen molar-refractivity contribution in [3.8, 4) is 5.75 Å². The Morgan fingerprint density at radius 3 is 2.47 bits per heavy atom. The molecule has 98 valence electrons. The molecule has 0 aliphatic heterocycles. The molecule has 2 aromatic carbocycles. The Hall–Kier alpha value is -1.22. The number of rotatable bonds is 4. The SMILES string of the molecule is O=C(COc1cc(Cl)ccc1Cl)c1ccccc1Cl. The molecule has 0 fully saturated rings. The van der Waals surface area contributed by atoms with Gasteiger partial charge in [0, 0.05) is 16.7 Å². The predicted octanol–water partition coefficient (Wildman–Crippen LogP) is 4.91. The second-order valence-electron chi connectivity index (χ2n) is 3.77. The highest BCUT2D eigenvalue weighted by atomic mass is 35.5. The maximum Gasteiger partial charge on any atom is 0.201 e. The van der Waals surface area contributed by atoms with Crippen molar-refractivity contribution >= 4 is 40.6 Å². The van der Waals surface area contributed by atoms with Gasteiger partial charge in [0.25, 0.3) is 0 Å². The maximum absolute atomic E-state index is 11.9. The number of benzene rings is 2. The highest BCUT2D eigenvalue weighted by molar-refractivity contribution is 6.34. The van der Waals surface area contributed by atoms with Gasteiger partial charge < -0.3 is 4.74 Å². The summed E-state index contributed by atoms with van der Waals surface area (Å²) in [5.41, 5.74) is 0.419. The molecule has 0 aromatic heterocycles. The molecule has 0 heterocycles. The van der Waals surface area contributed by atoms with E-state index >= 15 is 0 Å². The van der Waals surface area contributed by atoms with E-state index in [-0.39, 0.29) is 12.4 Å². The van der Waals surface area contributed by atoms with Crippen LogP contribution in [-0.2, 0) is 0 Å². The number of halogens is 3. The quantitative estimate of drug-likeness (QED) is 0.749. The molecule has 2 rings (SSSR count). The fourth-order valence-electron chi connectivity index (χ4n) is 1.50. The first kappa shape index (κ1) is 14.2. The molecule has 0 bridgehead atoms. The summed E-state index contributed by atoms with van der Waals surface area (Å²) < 4.78 is 5.36. The van der Waals surface area contributed by atoms with Crippen LogP contribution >= 0.6 is 34.8 Å². The van der Waals surface area contributed by atoms with E-state index in [0.717, 1.165) is 0 Å². The molecule has 5 heteroatoms. The van der Waals surface area contributed by atoms with Gasteiger partial charge in [-0.2, -0.15) is 0 Å². The zero-order valence-corrected chi connectivity index (χ0v) is 12.0. The third-order valence-electron chi connectivity index (χ3n) is 2.43. The van der Waals surface area contributed by atoms with Gasteiger partial charge in [0.1, 0.15) is 5.75 Å². The topological polar surface area (TPSA) is 26.3 Å². The fourth-order valence-corrected chi connectivity index (χ4v) is 2.07. The average molecular weight is 316 g/mol. The number of Topliss-reactive ketones (excluding diaryl/α,β-unsaturated/α-hetero) is 1. The van der Waals surface area contributed by atoms with Crippen LogP contribution in [0.15, 0.2) is 42.5 Å². The lowest BCUT2D eigenvalue weighted by molar-refractivity contribution is 0.0922. The summed E-state index contributed by atoms with van der Waals surface area (Å²) in [5.74, 6) is 0.149. The van der Waals surface area contributed by atoms with Gasteiger partial charge in [-0.25, -0.2) is 0 Å². The first-order valence-corrected chi connectivity index (χ1v) is 6.57. The Labute approximate surface area is 125 Å². The number of ether oxygens (including phenoxy) is 1. The van der Waals surface area contributed by atoms with Crippen LogP contribution in [0.1, 0.15) is 10.4 Å². The Morgan fingerprint density at radius 2 is 1.74 bits per heavy atom. The van der Waals surface area contributed by atoms with E-state index in [9.17, 15) is 4.79 Å². The van der Waals surface area contributed by atoms with Crippen molar-refractivity contribution in [1.29, 1.82) is 0 Å². The number of carbonyl (C=O) groups excluding carboxylic acids is 1. The zero-order chi connectivity index (χ0) is 13.8. The smallest absolute Gasteiger partial charge is 0.201 e. The van der Waals surface area contributed by atoms with Gasteiger partial charge in [0.05, 0.1) is 10.0 Å². The molecule has 0 radical (unpaired) electrons. The molecule has 0 N–H and O–H groups in total. The zero-order valence-electron chi connectivity index (χ0n) is 9.70. The van der Waals surface area contributed by atoms with Gasteiger partial charge >= 0.3 is 0 Å². The second-order valence-corrected chi connectivity index (χ2v) is 5.02. The molecule has 0 saturated carbocycles. The minimum absolute atomic E-state index is 0.149. The van der Waals surface area contributed by atoms with Crippen LogP contribution in [-0.4, -0.2) is 12.4 Å². The van der Waals surface area contributed by atoms with E-state index in [4.69, 9.17) is 39.5 Å². The third-order valence-corrected chi connectivity index (χ3v) is 3.30. The van der Waals surface area contributed by atoms with E-state index in [1.54, 1.807) is 42.5 Å². The van der Waals surface area contributed by atoms with Crippen LogP contribution in [0.2, 0.25) is 15.1 Å². The molecular formula is C14H9Cl3O2. The van der Waals surface area contributed by atoms with E-state index < -0.39 is 0 Å². The predicted molar refractivity (Wildman–Crippen MR) is 77.7 cm³/mol. The van der Waals surface area contributed by atoms with Crippen LogP contribution in [0.3, 0.4) is 0 Å². The molecule has 0 aliphatic carbocycles. The Morgan fingerprint density at radius 1 is 1.00 bits per heavy atom.